The second-order valence-electron chi connectivity index (χ2n) is 4.04. The van der Waals surface area contributed by atoms with Gasteiger partial charge in [0.2, 0.25) is 0 Å². The fourth-order valence-electron chi connectivity index (χ4n) is 1.58. The summed E-state index contributed by atoms with van der Waals surface area (Å²) in [5, 5.41) is 0. The summed E-state index contributed by atoms with van der Waals surface area (Å²) >= 11 is 0. The van der Waals surface area contributed by atoms with Crippen molar-refractivity contribution < 1.29 is 9.47 Å². The largest absolute Gasteiger partial charge is 0.491 e. The van der Waals surface area contributed by atoms with Gasteiger partial charge in [-0.15, -0.1) is 0 Å². The van der Waals surface area contributed by atoms with Gasteiger partial charge in [-0.25, -0.2) is 0 Å². The topological polar surface area (TPSA) is 18.5 Å². The maximum Gasteiger partial charge on any atom is 0.125 e. The third-order valence-electron chi connectivity index (χ3n) is 2.53. The van der Waals surface area contributed by atoms with E-state index in [4.69, 9.17) is 9.47 Å². The van der Waals surface area contributed by atoms with Crippen LogP contribution >= 0.6 is 0 Å². The van der Waals surface area contributed by atoms with E-state index < -0.39 is 0 Å². The van der Waals surface area contributed by atoms with Gasteiger partial charge in [0.15, 0.2) is 0 Å². The second-order valence-corrected chi connectivity index (χ2v) is 4.04. The van der Waals surface area contributed by atoms with Crippen LogP contribution in [0.5, 0.6) is 5.75 Å². The molecular formula is C14H22O2. The predicted molar refractivity (Wildman–Crippen MR) is 67.1 cm³/mol. The zero-order valence-corrected chi connectivity index (χ0v) is 10.6. The molecule has 0 unspecified atom stereocenters. The minimum Gasteiger partial charge on any atom is -0.491 e. The molecule has 0 aliphatic heterocycles. The third kappa shape index (κ3) is 4.23. The maximum absolute atomic E-state index is 5.72. The summed E-state index contributed by atoms with van der Waals surface area (Å²) in [6.07, 6.45) is 2.31. The van der Waals surface area contributed by atoms with Crippen LogP contribution in [0.3, 0.4) is 0 Å². The van der Waals surface area contributed by atoms with Crippen molar-refractivity contribution in [2.24, 2.45) is 0 Å². The summed E-state index contributed by atoms with van der Waals surface area (Å²) < 4.78 is 11.2. The van der Waals surface area contributed by atoms with Crippen molar-refractivity contribution >= 4 is 0 Å². The minimum atomic E-state index is 0.634. The van der Waals surface area contributed by atoms with E-state index >= 15 is 0 Å². The standard InChI is InChI=1S/C14H22O2/c1-4-5-9-15-10-11-16-14-12(2)7-6-8-13(14)3/h6-8H,4-5,9-11H2,1-3H3. The Balaban J connectivity index is 2.26. The van der Waals surface area contributed by atoms with Gasteiger partial charge in [-0.3, -0.25) is 0 Å². The normalized spacial score (nSPS) is 10.4. The van der Waals surface area contributed by atoms with E-state index in [0.29, 0.717) is 13.2 Å². The van der Waals surface area contributed by atoms with Crippen molar-refractivity contribution in [2.45, 2.75) is 33.6 Å². The van der Waals surface area contributed by atoms with Crippen LogP contribution in [0.25, 0.3) is 0 Å². The molecule has 0 N–H and O–H groups in total. The number of hydrogen-bond acceptors (Lipinski definition) is 2. The Morgan fingerprint density at radius 1 is 1.00 bits per heavy atom. The molecule has 16 heavy (non-hydrogen) atoms. The molecule has 2 heteroatoms. The SMILES string of the molecule is CCCCOCCOc1c(C)cccc1C. The Bertz CT molecular complexity index is 287. The van der Waals surface area contributed by atoms with Gasteiger partial charge in [0, 0.05) is 6.61 Å². The predicted octanol–water partition coefficient (Wildman–Crippen LogP) is 3.50. The number of aryl methyl sites for hydroxylation is 2. The van der Waals surface area contributed by atoms with Gasteiger partial charge in [-0.05, 0) is 31.4 Å². The van der Waals surface area contributed by atoms with E-state index in [1.165, 1.54) is 17.5 Å². The van der Waals surface area contributed by atoms with E-state index in [1.54, 1.807) is 0 Å². The van der Waals surface area contributed by atoms with Crippen molar-refractivity contribution in [1.29, 1.82) is 0 Å². The molecule has 0 saturated carbocycles. The van der Waals surface area contributed by atoms with Gasteiger partial charge in [0.1, 0.15) is 12.4 Å². The smallest absolute Gasteiger partial charge is 0.125 e. The highest BCUT2D eigenvalue weighted by molar-refractivity contribution is 5.39. The third-order valence-corrected chi connectivity index (χ3v) is 2.53. The Morgan fingerprint density at radius 3 is 2.31 bits per heavy atom. The molecule has 0 bridgehead atoms. The zero-order valence-electron chi connectivity index (χ0n) is 10.6. The van der Waals surface area contributed by atoms with Gasteiger partial charge in [0.25, 0.3) is 0 Å². The highest BCUT2D eigenvalue weighted by atomic mass is 16.5. The van der Waals surface area contributed by atoms with Gasteiger partial charge in [-0.1, -0.05) is 31.5 Å². The van der Waals surface area contributed by atoms with Crippen LogP contribution in [0.1, 0.15) is 30.9 Å². The quantitative estimate of drug-likeness (QED) is 0.657. The molecule has 0 aromatic heterocycles. The molecule has 0 atom stereocenters. The molecule has 0 spiro atoms. The summed E-state index contributed by atoms with van der Waals surface area (Å²) in [6.45, 7) is 8.45. The number of hydrogen-bond donors (Lipinski definition) is 0. The molecule has 1 aromatic rings. The average molecular weight is 222 g/mol. The molecule has 0 saturated heterocycles. The van der Waals surface area contributed by atoms with Crippen LogP contribution in [0, 0.1) is 13.8 Å². The van der Waals surface area contributed by atoms with Crippen molar-refractivity contribution in [1.82, 2.24) is 0 Å². The van der Waals surface area contributed by atoms with Crippen molar-refractivity contribution in [3.05, 3.63) is 29.3 Å². The monoisotopic (exact) mass is 222 g/mol. The molecule has 0 heterocycles. The van der Waals surface area contributed by atoms with Crippen molar-refractivity contribution in [3.63, 3.8) is 0 Å². The Hall–Kier alpha value is -1.02. The van der Waals surface area contributed by atoms with Gasteiger partial charge in [-0.2, -0.15) is 0 Å². The van der Waals surface area contributed by atoms with Crippen molar-refractivity contribution in [2.75, 3.05) is 19.8 Å². The highest BCUT2D eigenvalue weighted by Crippen LogP contribution is 2.21. The number of rotatable bonds is 7. The van der Waals surface area contributed by atoms with Crippen LogP contribution in [0.4, 0.5) is 0 Å². The summed E-state index contributed by atoms with van der Waals surface area (Å²) in [5.41, 5.74) is 2.38. The molecule has 0 radical (unpaired) electrons. The van der Waals surface area contributed by atoms with E-state index in [9.17, 15) is 0 Å². The first-order chi connectivity index (χ1) is 7.75. The molecule has 2 nitrogen and oxygen atoms in total. The number of benzene rings is 1. The van der Waals surface area contributed by atoms with Crippen LogP contribution in [0.15, 0.2) is 18.2 Å². The summed E-state index contributed by atoms with van der Waals surface area (Å²) in [5.74, 6) is 1.00. The fraction of sp³-hybridized carbons (Fsp3) is 0.571. The lowest BCUT2D eigenvalue weighted by atomic mass is 10.1. The fourth-order valence-corrected chi connectivity index (χ4v) is 1.58. The average Bonchev–Trinajstić information content (AvgIpc) is 2.26. The lowest BCUT2D eigenvalue weighted by molar-refractivity contribution is 0.0976. The van der Waals surface area contributed by atoms with Crippen LogP contribution in [0.2, 0.25) is 0 Å². The Labute approximate surface area is 98.6 Å². The number of unbranched alkanes of at least 4 members (excludes halogenated alkanes) is 1. The molecule has 1 aromatic carbocycles. The van der Waals surface area contributed by atoms with Gasteiger partial charge >= 0.3 is 0 Å². The van der Waals surface area contributed by atoms with Crippen LogP contribution in [-0.4, -0.2) is 19.8 Å². The molecule has 90 valence electrons. The van der Waals surface area contributed by atoms with Crippen LogP contribution < -0.4 is 4.74 Å². The zero-order chi connectivity index (χ0) is 11.8. The van der Waals surface area contributed by atoms with Gasteiger partial charge < -0.3 is 9.47 Å². The van der Waals surface area contributed by atoms with Crippen molar-refractivity contribution in [3.8, 4) is 5.75 Å². The Morgan fingerprint density at radius 2 is 1.69 bits per heavy atom. The van der Waals surface area contributed by atoms with Gasteiger partial charge in [0.05, 0.1) is 6.61 Å². The lowest BCUT2D eigenvalue weighted by Crippen LogP contribution is -2.08. The van der Waals surface area contributed by atoms with Crippen LogP contribution in [-0.2, 0) is 4.74 Å². The second kappa shape index (κ2) is 7.29. The Kier molecular flexibility index (Phi) is 5.94. The van der Waals surface area contributed by atoms with E-state index in [2.05, 4.69) is 39.0 Å². The number of ether oxygens (including phenoxy) is 2. The first-order valence-electron chi connectivity index (χ1n) is 6.02. The summed E-state index contributed by atoms with van der Waals surface area (Å²) in [7, 11) is 0. The highest BCUT2D eigenvalue weighted by Gasteiger charge is 2.02. The van der Waals surface area contributed by atoms with E-state index in [1.807, 2.05) is 0 Å². The summed E-state index contributed by atoms with van der Waals surface area (Å²) in [6, 6.07) is 6.19. The first-order valence-corrected chi connectivity index (χ1v) is 6.02. The molecular weight excluding hydrogens is 200 g/mol. The minimum absolute atomic E-state index is 0.634. The molecule has 1 rings (SSSR count). The molecule has 0 amide bonds. The summed E-state index contributed by atoms with van der Waals surface area (Å²) in [4.78, 5) is 0. The molecule has 0 aliphatic carbocycles. The maximum atomic E-state index is 5.72. The first kappa shape index (κ1) is 13.0. The lowest BCUT2D eigenvalue weighted by Gasteiger charge is -2.11. The number of para-hydroxylation sites is 1. The van der Waals surface area contributed by atoms with E-state index in [0.717, 1.165) is 18.8 Å². The molecule has 0 fully saturated rings. The molecule has 0 aliphatic rings. The van der Waals surface area contributed by atoms with E-state index in [-0.39, 0.29) is 0 Å².